The Labute approximate surface area is 112 Å². The number of aryl methyl sites for hydroxylation is 1. The van der Waals surface area contributed by atoms with Crippen molar-refractivity contribution in [3.63, 3.8) is 0 Å². The minimum absolute atomic E-state index is 0.190. The molecule has 0 aliphatic carbocycles. The van der Waals surface area contributed by atoms with Crippen molar-refractivity contribution in [1.82, 2.24) is 15.0 Å². The average Bonchev–Trinajstić information content (AvgIpc) is 2.70. The van der Waals surface area contributed by atoms with E-state index in [-0.39, 0.29) is 5.41 Å². The maximum Gasteiger partial charge on any atom is 0.360 e. The fourth-order valence-electron chi connectivity index (χ4n) is 1.73. The van der Waals surface area contributed by atoms with E-state index in [1.165, 1.54) is 0 Å². The molecule has 0 aromatic carbocycles. The van der Waals surface area contributed by atoms with Crippen molar-refractivity contribution in [2.45, 2.75) is 39.7 Å². The Morgan fingerprint density at radius 2 is 2.11 bits per heavy atom. The summed E-state index contributed by atoms with van der Waals surface area (Å²) in [6.45, 7) is 9.02. The van der Waals surface area contributed by atoms with Gasteiger partial charge in [0.05, 0.1) is 18.8 Å². The van der Waals surface area contributed by atoms with E-state index in [2.05, 4.69) is 10.3 Å². The number of hydrogen-bond donors (Lipinski definition) is 0. The first-order valence-corrected chi connectivity index (χ1v) is 7.41. The van der Waals surface area contributed by atoms with Gasteiger partial charge in [-0.25, -0.2) is 9.48 Å². The predicted molar refractivity (Wildman–Crippen MR) is 73.1 cm³/mol. The van der Waals surface area contributed by atoms with Gasteiger partial charge in [-0.3, -0.25) is 0 Å². The van der Waals surface area contributed by atoms with E-state index in [1.807, 2.05) is 31.7 Å². The number of thioether (sulfide) groups is 1. The van der Waals surface area contributed by atoms with Gasteiger partial charge < -0.3 is 4.74 Å². The minimum Gasteiger partial charge on any atom is -0.461 e. The molecule has 0 aliphatic heterocycles. The molecule has 0 bridgehead atoms. The zero-order chi connectivity index (χ0) is 13.8. The summed E-state index contributed by atoms with van der Waals surface area (Å²) in [5, 5.41) is 8.06. The average molecular weight is 271 g/mol. The van der Waals surface area contributed by atoms with Crippen LogP contribution in [-0.2, 0) is 16.7 Å². The number of ether oxygens (including phenoxy) is 1. The smallest absolute Gasteiger partial charge is 0.360 e. The van der Waals surface area contributed by atoms with Crippen molar-refractivity contribution in [2.75, 3.05) is 18.6 Å². The highest BCUT2D eigenvalue weighted by molar-refractivity contribution is 7.98. The molecule has 102 valence electrons. The van der Waals surface area contributed by atoms with Crippen molar-refractivity contribution in [3.8, 4) is 0 Å². The van der Waals surface area contributed by atoms with Gasteiger partial charge in [0, 0.05) is 11.2 Å². The lowest BCUT2D eigenvalue weighted by atomic mass is 9.90. The van der Waals surface area contributed by atoms with Crippen LogP contribution < -0.4 is 0 Å². The third-order valence-electron chi connectivity index (χ3n) is 2.42. The van der Waals surface area contributed by atoms with E-state index in [4.69, 9.17) is 4.74 Å². The summed E-state index contributed by atoms with van der Waals surface area (Å²) in [4.78, 5) is 11.9. The molecule has 1 rings (SSSR count). The molecule has 0 unspecified atom stereocenters. The molecular formula is C12H21N3O2S. The number of aromatic nitrogens is 3. The van der Waals surface area contributed by atoms with Gasteiger partial charge in [-0.2, -0.15) is 11.8 Å². The fraction of sp³-hybridized carbons (Fsp3) is 0.750. The summed E-state index contributed by atoms with van der Waals surface area (Å²) in [6, 6.07) is 0. The highest BCUT2D eigenvalue weighted by atomic mass is 32.2. The monoisotopic (exact) mass is 271 g/mol. The van der Waals surface area contributed by atoms with E-state index < -0.39 is 5.97 Å². The molecule has 1 aromatic rings. The maximum atomic E-state index is 11.9. The van der Waals surface area contributed by atoms with Crippen molar-refractivity contribution < 1.29 is 9.53 Å². The molecule has 0 amide bonds. The number of carbonyl (C=O) groups is 1. The summed E-state index contributed by atoms with van der Waals surface area (Å²) in [7, 11) is 0. The Morgan fingerprint density at radius 1 is 1.44 bits per heavy atom. The Balaban J connectivity index is 3.11. The molecule has 0 aliphatic rings. The van der Waals surface area contributed by atoms with Crippen LogP contribution in [-0.4, -0.2) is 39.6 Å². The largest absolute Gasteiger partial charge is 0.461 e. The van der Waals surface area contributed by atoms with Gasteiger partial charge in [-0.05, 0) is 13.2 Å². The summed E-state index contributed by atoms with van der Waals surface area (Å²) in [5.74, 6) is 0.548. The van der Waals surface area contributed by atoms with Crippen LogP contribution in [0.5, 0.6) is 0 Å². The van der Waals surface area contributed by atoms with Crippen LogP contribution in [0.2, 0.25) is 0 Å². The molecule has 6 heteroatoms. The molecule has 1 heterocycles. The lowest BCUT2D eigenvalue weighted by Crippen LogP contribution is -2.23. The molecular weight excluding hydrogens is 250 g/mol. The van der Waals surface area contributed by atoms with E-state index in [0.29, 0.717) is 12.3 Å². The van der Waals surface area contributed by atoms with Crippen LogP contribution in [0.3, 0.4) is 0 Å². The summed E-state index contributed by atoms with van der Waals surface area (Å²) >= 11 is 1.74. The zero-order valence-electron chi connectivity index (χ0n) is 11.7. The number of rotatable bonds is 5. The van der Waals surface area contributed by atoms with E-state index in [0.717, 1.165) is 18.0 Å². The molecule has 18 heavy (non-hydrogen) atoms. The molecule has 5 nitrogen and oxygen atoms in total. The summed E-state index contributed by atoms with van der Waals surface area (Å²) in [5.41, 5.74) is 0.991. The van der Waals surface area contributed by atoms with Gasteiger partial charge in [-0.15, -0.1) is 5.10 Å². The molecule has 0 saturated heterocycles. The zero-order valence-corrected chi connectivity index (χ0v) is 12.5. The minimum atomic E-state index is -0.391. The Morgan fingerprint density at radius 3 is 2.61 bits per heavy atom. The van der Waals surface area contributed by atoms with E-state index in [1.54, 1.807) is 18.7 Å². The summed E-state index contributed by atoms with van der Waals surface area (Å²) in [6.07, 6.45) is 2.04. The normalized spacial score (nSPS) is 11.6. The van der Waals surface area contributed by atoms with Crippen LogP contribution in [0, 0.1) is 0 Å². The lowest BCUT2D eigenvalue weighted by molar-refractivity contribution is 0.0516. The van der Waals surface area contributed by atoms with Crippen molar-refractivity contribution in [1.29, 1.82) is 0 Å². The maximum absolute atomic E-state index is 11.9. The molecule has 0 radical (unpaired) electrons. The van der Waals surface area contributed by atoms with Gasteiger partial charge in [0.1, 0.15) is 0 Å². The van der Waals surface area contributed by atoms with E-state index >= 15 is 0 Å². The fourth-order valence-corrected chi connectivity index (χ4v) is 2.08. The molecule has 0 spiro atoms. The SMILES string of the molecule is CCOC(=O)c1nnn(CCSC)c1C(C)(C)C. The van der Waals surface area contributed by atoms with Crippen molar-refractivity contribution in [3.05, 3.63) is 11.4 Å². The van der Waals surface area contributed by atoms with Crippen molar-refractivity contribution in [2.24, 2.45) is 0 Å². The van der Waals surface area contributed by atoms with Gasteiger partial charge in [-0.1, -0.05) is 26.0 Å². The van der Waals surface area contributed by atoms with Crippen LogP contribution in [0.1, 0.15) is 43.9 Å². The Hall–Kier alpha value is -1.04. The molecule has 1 aromatic heterocycles. The second kappa shape index (κ2) is 6.22. The van der Waals surface area contributed by atoms with Gasteiger partial charge in [0.15, 0.2) is 5.69 Å². The third-order valence-corrected chi connectivity index (χ3v) is 3.01. The Kier molecular flexibility index (Phi) is 5.19. The third kappa shape index (κ3) is 3.48. The molecule has 0 N–H and O–H groups in total. The van der Waals surface area contributed by atoms with Gasteiger partial charge in [0.2, 0.25) is 0 Å². The molecule has 0 fully saturated rings. The highest BCUT2D eigenvalue weighted by Crippen LogP contribution is 2.25. The molecule has 0 atom stereocenters. The van der Waals surface area contributed by atoms with Crippen LogP contribution >= 0.6 is 11.8 Å². The second-order valence-electron chi connectivity index (χ2n) is 4.97. The van der Waals surface area contributed by atoms with Crippen LogP contribution in [0.25, 0.3) is 0 Å². The van der Waals surface area contributed by atoms with Gasteiger partial charge >= 0.3 is 5.97 Å². The van der Waals surface area contributed by atoms with Crippen LogP contribution in [0.4, 0.5) is 0 Å². The second-order valence-corrected chi connectivity index (χ2v) is 5.96. The quantitative estimate of drug-likeness (QED) is 0.768. The molecule has 0 saturated carbocycles. The number of esters is 1. The van der Waals surface area contributed by atoms with E-state index in [9.17, 15) is 4.79 Å². The standard InChI is InChI=1S/C12H21N3O2S/c1-6-17-11(16)9-10(12(2,3)4)15(14-13-9)7-8-18-5/h6-8H2,1-5H3. The Bertz CT molecular complexity index is 410. The topological polar surface area (TPSA) is 57.0 Å². The number of carbonyl (C=O) groups excluding carboxylic acids is 1. The first-order chi connectivity index (χ1) is 8.41. The van der Waals surface area contributed by atoms with Gasteiger partial charge in [0.25, 0.3) is 0 Å². The first-order valence-electron chi connectivity index (χ1n) is 6.01. The number of hydrogen-bond acceptors (Lipinski definition) is 5. The first kappa shape index (κ1) is 15.0. The lowest BCUT2D eigenvalue weighted by Gasteiger charge is -2.20. The highest BCUT2D eigenvalue weighted by Gasteiger charge is 2.29. The van der Waals surface area contributed by atoms with Crippen LogP contribution in [0.15, 0.2) is 0 Å². The number of nitrogens with zero attached hydrogens (tertiary/aromatic N) is 3. The predicted octanol–water partition coefficient (Wildman–Crippen LogP) is 2.12. The van der Waals surface area contributed by atoms with Crippen molar-refractivity contribution >= 4 is 17.7 Å². The summed E-state index contributed by atoms with van der Waals surface area (Å²) < 4.78 is 6.83.